The molecule has 0 radical (unpaired) electrons. The Bertz CT molecular complexity index is 639. The SMILES string of the molecule is CC1(C)CC(Nc2ccc3nccnc3n2)C(C)(C)O1. The van der Waals surface area contributed by atoms with Gasteiger partial charge in [0.15, 0.2) is 5.65 Å². The van der Waals surface area contributed by atoms with E-state index in [2.05, 4.69) is 48.0 Å². The van der Waals surface area contributed by atoms with Crippen molar-refractivity contribution < 1.29 is 4.74 Å². The molecule has 5 heteroatoms. The molecule has 1 saturated heterocycles. The van der Waals surface area contributed by atoms with Crippen LogP contribution in [0.15, 0.2) is 24.5 Å². The molecule has 1 atom stereocenters. The summed E-state index contributed by atoms with van der Waals surface area (Å²) in [6, 6.07) is 4.10. The van der Waals surface area contributed by atoms with Crippen molar-refractivity contribution in [3.63, 3.8) is 0 Å². The number of anilines is 1. The van der Waals surface area contributed by atoms with E-state index in [1.54, 1.807) is 12.4 Å². The maximum atomic E-state index is 6.09. The van der Waals surface area contributed by atoms with E-state index in [-0.39, 0.29) is 17.2 Å². The topological polar surface area (TPSA) is 59.9 Å². The van der Waals surface area contributed by atoms with Gasteiger partial charge >= 0.3 is 0 Å². The van der Waals surface area contributed by atoms with Crippen molar-refractivity contribution in [1.82, 2.24) is 15.0 Å². The van der Waals surface area contributed by atoms with Gasteiger partial charge in [0, 0.05) is 12.4 Å². The molecule has 1 N–H and O–H groups in total. The average molecular weight is 272 g/mol. The normalized spacial score (nSPS) is 23.9. The van der Waals surface area contributed by atoms with Gasteiger partial charge in [-0.15, -0.1) is 0 Å². The summed E-state index contributed by atoms with van der Waals surface area (Å²) in [6.07, 6.45) is 4.28. The summed E-state index contributed by atoms with van der Waals surface area (Å²) in [6.45, 7) is 8.46. The van der Waals surface area contributed by atoms with E-state index in [1.165, 1.54) is 0 Å². The average Bonchev–Trinajstić information content (AvgIpc) is 2.57. The Morgan fingerprint density at radius 3 is 2.60 bits per heavy atom. The first-order chi connectivity index (χ1) is 9.36. The van der Waals surface area contributed by atoms with Gasteiger partial charge in [-0.3, -0.25) is 4.98 Å². The third kappa shape index (κ3) is 2.45. The molecule has 20 heavy (non-hydrogen) atoms. The highest BCUT2D eigenvalue weighted by Gasteiger charge is 2.45. The number of rotatable bonds is 2. The molecule has 5 nitrogen and oxygen atoms in total. The van der Waals surface area contributed by atoms with Crippen molar-refractivity contribution in [3.05, 3.63) is 24.5 Å². The van der Waals surface area contributed by atoms with Gasteiger partial charge in [0.25, 0.3) is 0 Å². The van der Waals surface area contributed by atoms with Crippen molar-refractivity contribution in [1.29, 1.82) is 0 Å². The summed E-state index contributed by atoms with van der Waals surface area (Å²) in [7, 11) is 0. The number of fused-ring (bicyclic) bond motifs is 1. The molecule has 2 aromatic heterocycles. The summed E-state index contributed by atoms with van der Waals surface area (Å²) in [4.78, 5) is 13.0. The first-order valence-corrected chi connectivity index (χ1v) is 6.90. The van der Waals surface area contributed by atoms with E-state index in [4.69, 9.17) is 4.74 Å². The second-order valence-electron chi connectivity index (χ2n) is 6.46. The standard InChI is InChI=1S/C15H20N4O/c1-14(2)9-11(15(3,4)20-14)18-12-6-5-10-13(19-12)17-8-7-16-10/h5-8,11H,9H2,1-4H3,(H,17,18,19). The molecular formula is C15H20N4O. The Morgan fingerprint density at radius 2 is 1.90 bits per heavy atom. The first-order valence-electron chi connectivity index (χ1n) is 6.90. The second kappa shape index (κ2) is 4.38. The molecule has 3 rings (SSSR count). The van der Waals surface area contributed by atoms with Gasteiger partial charge in [-0.1, -0.05) is 0 Å². The monoisotopic (exact) mass is 272 g/mol. The molecule has 0 aliphatic carbocycles. The maximum absolute atomic E-state index is 6.09. The van der Waals surface area contributed by atoms with Crippen molar-refractivity contribution in [2.45, 2.75) is 51.4 Å². The number of nitrogens with zero attached hydrogens (tertiary/aromatic N) is 3. The van der Waals surface area contributed by atoms with Crippen LogP contribution in [0.3, 0.4) is 0 Å². The lowest BCUT2D eigenvalue weighted by Gasteiger charge is -2.28. The summed E-state index contributed by atoms with van der Waals surface area (Å²) < 4.78 is 6.09. The molecule has 106 valence electrons. The van der Waals surface area contributed by atoms with Crippen LogP contribution in [-0.2, 0) is 4.74 Å². The molecule has 1 aliphatic heterocycles. The van der Waals surface area contributed by atoms with Crippen LogP contribution in [0.25, 0.3) is 11.2 Å². The summed E-state index contributed by atoms with van der Waals surface area (Å²) in [5.41, 5.74) is 1.13. The minimum Gasteiger partial charge on any atom is -0.367 e. The number of nitrogens with one attached hydrogen (secondary N) is 1. The lowest BCUT2D eigenvalue weighted by molar-refractivity contribution is -0.0662. The Hall–Kier alpha value is -1.75. The van der Waals surface area contributed by atoms with E-state index >= 15 is 0 Å². The van der Waals surface area contributed by atoms with Crippen LogP contribution < -0.4 is 5.32 Å². The van der Waals surface area contributed by atoms with Gasteiger partial charge in [0.05, 0.1) is 17.2 Å². The third-order valence-electron chi connectivity index (χ3n) is 3.73. The maximum Gasteiger partial charge on any atom is 0.180 e. The van der Waals surface area contributed by atoms with Crippen LogP contribution in [0, 0.1) is 0 Å². The Balaban J connectivity index is 1.86. The fraction of sp³-hybridized carbons (Fsp3) is 0.533. The third-order valence-corrected chi connectivity index (χ3v) is 3.73. The van der Waals surface area contributed by atoms with Gasteiger partial charge < -0.3 is 10.1 Å². The van der Waals surface area contributed by atoms with Crippen LogP contribution in [-0.4, -0.2) is 32.2 Å². The molecule has 1 aliphatic rings. The van der Waals surface area contributed by atoms with Gasteiger partial charge in [0.2, 0.25) is 0 Å². The quantitative estimate of drug-likeness (QED) is 0.911. The molecular weight excluding hydrogens is 252 g/mol. The van der Waals surface area contributed by atoms with E-state index in [1.807, 2.05) is 12.1 Å². The zero-order chi connectivity index (χ0) is 14.4. The van der Waals surface area contributed by atoms with Crippen molar-refractivity contribution >= 4 is 17.0 Å². The van der Waals surface area contributed by atoms with Crippen molar-refractivity contribution in [2.24, 2.45) is 0 Å². The fourth-order valence-electron chi connectivity index (χ4n) is 2.90. The highest BCUT2D eigenvalue weighted by molar-refractivity contribution is 5.71. The predicted molar refractivity (Wildman–Crippen MR) is 78.6 cm³/mol. The largest absolute Gasteiger partial charge is 0.367 e. The van der Waals surface area contributed by atoms with E-state index in [0.29, 0.717) is 5.65 Å². The lowest BCUT2D eigenvalue weighted by Crippen LogP contribution is -2.38. The summed E-state index contributed by atoms with van der Waals surface area (Å²) in [5, 5.41) is 3.47. The molecule has 0 aromatic carbocycles. The molecule has 0 amide bonds. The van der Waals surface area contributed by atoms with Gasteiger partial charge in [-0.25, -0.2) is 9.97 Å². The van der Waals surface area contributed by atoms with Gasteiger partial charge in [-0.05, 0) is 46.2 Å². The Kier molecular flexibility index (Phi) is 2.90. The Morgan fingerprint density at radius 1 is 1.15 bits per heavy atom. The van der Waals surface area contributed by atoms with Crippen LogP contribution in [0.2, 0.25) is 0 Å². The van der Waals surface area contributed by atoms with Gasteiger partial charge in [-0.2, -0.15) is 0 Å². The van der Waals surface area contributed by atoms with Crippen LogP contribution in [0.4, 0.5) is 5.82 Å². The fourth-order valence-corrected chi connectivity index (χ4v) is 2.90. The van der Waals surface area contributed by atoms with Crippen molar-refractivity contribution in [2.75, 3.05) is 5.32 Å². The van der Waals surface area contributed by atoms with Crippen molar-refractivity contribution in [3.8, 4) is 0 Å². The van der Waals surface area contributed by atoms with Gasteiger partial charge in [0.1, 0.15) is 11.3 Å². The van der Waals surface area contributed by atoms with E-state index < -0.39 is 0 Å². The minimum atomic E-state index is -0.220. The number of pyridine rings is 1. The van der Waals surface area contributed by atoms with Crippen LogP contribution in [0.1, 0.15) is 34.1 Å². The molecule has 0 bridgehead atoms. The first kappa shape index (κ1) is 13.2. The molecule has 1 unspecified atom stereocenters. The van der Waals surface area contributed by atoms with E-state index in [0.717, 1.165) is 17.8 Å². The predicted octanol–water partition coefficient (Wildman–Crippen LogP) is 2.78. The molecule has 3 heterocycles. The highest BCUT2D eigenvalue weighted by atomic mass is 16.5. The minimum absolute atomic E-state index is 0.113. The molecule has 0 spiro atoms. The number of aromatic nitrogens is 3. The molecule has 2 aromatic rings. The summed E-state index contributed by atoms with van der Waals surface area (Å²) >= 11 is 0. The molecule has 0 saturated carbocycles. The summed E-state index contributed by atoms with van der Waals surface area (Å²) in [5.74, 6) is 0.817. The highest BCUT2D eigenvalue weighted by Crippen LogP contribution is 2.38. The Labute approximate surface area is 118 Å². The van der Waals surface area contributed by atoms with Crippen LogP contribution >= 0.6 is 0 Å². The smallest absolute Gasteiger partial charge is 0.180 e. The molecule has 1 fully saturated rings. The number of hydrogen-bond donors (Lipinski definition) is 1. The zero-order valence-corrected chi connectivity index (χ0v) is 12.3. The number of hydrogen-bond acceptors (Lipinski definition) is 5. The zero-order valence-electron chi connectivity index (χ0n) is 12.3. The van der Waals surface area contributed by atoms with E-state index in [9.17, 15) is 0 Å². The second-order valence-corrected chi connectivity index (χ2v) is 6.46. The van der Waals surface area contributed by atoms with Crippen LogP contribution in [0.5, 0.6) is 0 Å². The lowest BCUT2D eigenvalue weighted by atomic mass is 9.94. The number of ether oxygens (including phenoxy) is 1.